The number of alkyl halides is 1. The Kier molecular flexibility index (Phi) is 4.20. The summed E-state index contributed by atoms with van der Waals surface area (Å²) in [6, 6.07) is 4.32. The molecule has 4 heteroatoms. The van der Waals surface area contributed by atoms with Gasteiger partial charge < -0.3 is 4.74 Å². The molecule has 1 saturated heterocycles. The van der Waals surface area contributed by atoms with Gasteiger partial charge in [-0.3, -0.25) is 4.90 Å². The van der Waals surface area contributed by atoms with Gasteiger partial charge in [0.2, 0.25) is 0 Å². The number of halogens is 1. The molecule has 0 aromatic carbocycles. The van der Waals surface area contributed by atoms with Crippen molar-refractivity contribution in [3.8, 4) is 0 Å². The lowest BCUT2D eigenvalue weighted by atomic mass is 10.2. The molecule has 0 bridgehead atoms. The highest BCUT2D eigenvalue weighted by molar-refractivity contribution is 9.09. The fourth-order valence-electron chi connectivity index (χ4n) is 1.98. The predicted molar refractivity (Wildman–Crippen MR) is 67.7 cm³/mol. The summed E-state index contributed by atoms with van der Waals surface area (Å²) in [7, 11) is 0. The zero-order chi connectivity index (χ0) is 10.7. The molecular weight excluding hydrogens is 274 g/mol. The van der Waals surface area contributed by atoms with Gasteiger partial charge in [0, 0.05) is 29.8 Å². The van der Waals surface area contributed by atoms with Crippen LogP contribution < -0.4 is 0 Å². The second-order valence-electron chi connectivity index (χ2n) is 4.00. The van der Waals surface area contributed by atoms with Crippen LogP contribution in [0.1, 0.15) is 11.8 Å². The fourth-order valence-corrected chi connectivity index (χ4v) is 3.08. The van der Waals surface area contributed by atoms with Gasteiger partial charge in [0.15, 0.2) is 0 Å². The van der Waals surface area contributed by atoms with E-state index in [2.05, 4.69) is 45.3 Å². The zero-order valence-electron chi connectivity index (χ0n) is 8.86. The van der Waals surface area contributed by atoms with Crippen molar-refractivity contribution in [1.29, 1.82) is 0 Å². The number of rotatable bonds is 3. The topological polar surface area (TPSA) is 12.5 Å². The minimum Gasteiger partial charge on any atom is -0.372 e. The molecule has 2 rings (SSSR count). The van der Waals surface area contributed by atoms with Gasteiger partial charge in [-0.25, -0.2) is 0 Å². The largest absolute Gasteiger partial charge is 0.372 e. The van der Waals surface area contributed by atoms with Crippen molar-refractivity contribution < 1.29 is 4.74 Å². The molecule has 2 unspecified atom stereocenters. The van der Waals surface area contributed by atoms with Crippen LogP contribution in [0.15, 0.2) is 17.5 Å². The molecule has 15 heavy (non-hydrogen) atoms. The molecule has 1 aliphatic rings. The Labute approximate surface area is 103 Å². The summed E-state index contributed by atoms with van der Waals surface area (Å²) >= 11 is 5.33. The molecule has 1 aromatic rings. The van der Waals surface area contributed by atoms with E-state index in [4.69, 9.17) is 4.74 Å². The molecule has 0 radical (unpaired) electrons. The molecule has 0 spiro atoms. The lowest BCUT2D eigenvalue weighted by Crippen LogP contribution is -2.46. The fraction of sp³-hybridized carbons (Fsp3) is 0.636. The van der Waals surface area contributed by atoms with Gasteiger partial charge in [-0.1, -0.05) is 22.0 Å². The summed E-state index contributed by atoms with van der Waals surface area (Å²) in [5, 5.41) is 3.07. The van der Waals surface area contributed by atoms with Gasteiger partial charge in [0.25, 0.3) is 0 Å². The van der Waals surface area contributed by atoms with Crippen LogP contribution in [0.3, 0.4) is 0 Å². The van der Waals surface area contributed by atoms with E-state index in [1.807, 2.05) is 11.3 Å². The second-order valence-corrected chi connectivity index (χ2v) is 5.68. The quantitative estimate of drug-likeness (QED) is 0.794. The average Bonchev–Trinajstić information content (AvgIpc) is 2.69. The Bertz CT molecular complexity index is 291. The van der Waals surface area contributed by atoms with Crippen molar-refractivity contribution in [1.82, 2.24) is 4.90 Å². The number of ether oxygens (including phenoxy) is 1. The molecule has 1 aliphatic heterocycles. The van der Waals surface area contributed by atoms with E-state index in [0.717, 1.165) is 25.0 Å². The maximum atomic E-state index is 5.80. The van der Waals surface area contributed by atoms with E-state index in [1.165, 1.54) is 4.88 Å². The van der Waals surface area contributed by atoms with Gasteiger partial charge >= 0.3 is 0 Å². The first-order valence-electron chi connectivity index (χ1n) is 5.24. The van der Waals surface area contributed by atoms with E-state index in [0.29, 0.717) is 12.2 Å². The molecule has 84 valence electrons. The highest BCUT2D eigenvalue weighted by Gasteiger charge is 2.24. The van der Waals surface area contributed by atoms with Crippen molar-refractivity contribution in [3.63, 3.8) is 0 Å². The highest BCUT2D eigenvalue weighted by atomic mass is 79.9. The second kappa shape index (κ2) is 5.43. The van der Waals surface area contributed by atoms with E-state index in [1.54, 1.807) is 0 Å². The van der Waals surface area contributed by atoms with Crippen LogP contribution in [0.5, 0.6) is 0 Å². The molecule has 0 saturated carbocycles. The van der Waals surface area contributed by atoms with Gasteiger partial charge in [-0.05, 0) is 18.4 Å². The Hall–Kier alpha value is 0.1000. The van der Waals surface area contributed by atoms with Crippen molar-refractivity contribution in [2.75, 3.05) is 18.4 Å². The van der Waals surface area contributed by atoms with E-state index in [9.17, 15) is 0 Å². The van der Waals surface area contributed by atoms with Gasteiger partial charge in [0.1, 0.15) is 0 Å². The summed E-state index contributed by atoms with van der Waals surface area (Å²) in [6.45, 7) is 5.29. The summed E-state index contributed by atoms with van der Waals surface area (Å²) in [5.74, 6) is 0. The number of nitrogens with zero attached hydrogens (tertiary/aromatic N) is 1. The highest BCUT2D eigenvalue weighted by Crippen LogP contribution is 2.17. The maximum absolute atomic E-state index is 5.80. The molecule has 0 amide bonds. The van der Waals surface area contributed by atoms with Gasteiger partial charge in [0.05, 0.1) is 12.2 Å². The Morgan fingerprint density at radius 2 is 2.47 bits per heavy atom. The molecule has 0 aliphatic carbocycles. The molecule has 1 aromatic heterocycles. The lowest BCUT2D eigenvalue weighted by molar-refractivity contribution is -0.0675. The number of hydrogen-bond acceptors (Lipinski definition) is 3. The van der Waals surface area contributed by atoms with E-state index < -0.39 is 0 Å². The average molecular weight is 290 g/mol. The van der Waals surface area contributed by atoms with Crippen molar-refractivity contribution in [2.24, 2.45) is 0 Å². The molecule has 2 heterocycles. The van der Waals surface area contributed by atoms with Crippen LogP contribution in [-0.4, -0.2) is 35.5 Å². The normalized spacial score (nSPS) is 28.1. The number of hydrogen-bond donors (Lipinski definition) is 0. The molecule has 2 atom stereocenters. The minimum atomic E-state index is 0.341. The minimum absolute atomic E-state index is 0.341. The zero-order valence-corrected chi connectivity index (χ0v) is 11.3. The van der Waals surface area contributed by atoms with E-state index in [-0.39, 0.29) is 0 Å². The van der Waals surface area contributed by atoms with Crippen LogP contribution in [-0.2, 0) is 11.3 Å². The number of morpholine rings is 1. The summed E-state index contributed by atoms with van der Waals surface area (Å²) in [6.07, 6.45) is 0.690. The standard InChI is InChI=1S/C11H16BrNOS/c1-9-6-13(7-10(5-12)14-9)8-11-3-2-4-15-11/h2-4,9-10H,5-8H2,1H3. The maximum Gasteiger partial charge on any atom is 0.0802 e. The summed E-state index contributed by atoms with van der Waals surface area (Å²) < 4.78 is 5.80. The van der Waals surface area contributed by atoms with Crippen LogP contribution in [0.2, 0.25) is 0 Å². The van der Waals surface area contributed by atoms with E-state index >= 15 is 0 Å². The third-order valence-corrected chi connectivity index (χ3v) is 4.12. The van der Waals surface area contributed by atoms with Gasteiger partial charge in [-0.15, -0.1) is 11.3 Å². The Morgan fingerprint density at radius 1 is 1.60 bits per heavy atom. The Balaban J connectivity index is 1.91. The van der Waals surface area contributed by atoms with Crippen LogP contribution in [0.25, 0.3) is 0 Å². The summed E-state index contributed by atoms with van der Waals surface area (Å²) in [4.78, 5) is 3.92. The van der Waals surface area contributed by atoms with Crippen LogP contribution in [0, 0.1) is 0 Å². The lowest BCUT2D eigenvalue weighted by Gasteiger charge is -2.35. The molecule has 2 nitrogen and oxygen atoms in total. The molecule has 1 fully saturated rings. The summed E-state index contributed by atoms with van der Waals surface area (Å²) in [5.41, 5.74) is 0. The monoisotopic (exact) mass is 289 g/mol. The van der Waals surface area contributed by atoms with Crippen LogP contribution in [0.4, 0.5) is 0 Å². The van der Waals surface area contributed by atoms with Gasteiger partial charge in [-0.2, -0.15) is 0 Å². The third kappa shape index (κ3) is 3.28. The first kappa shape index (κ1) is 11.6. The first-order chi connectivity index (χ1) is 7.28. The Morgan fingerprint density at radius 3 is 3.13 bits per heavy atom. The van der Waals surface area contributed by atoms with Crippen molar-refractivity contribution in [3.05, 3.63) is 22.4 Å². The van der Waals surface area contributed by atoms with Crippen molar-refractivity contribution in [2.45, 2.75) is 25.7 Å². The smallest absolute Gasteiger partial charge is 0.0802 e. The van der Waals surface area contributed by atoms with Crippen LogP contribution >= 0.6 is 27.3 Å². The predicted octanol–water partition coefficient (Wildman–Crippen LogP) is 2.73. The third-order valence-electron chi connectivity index (χ3n) is 2.53. The number of thiophene rings is 1. The molecule has 0 N–H and O–H groups in total. The van der Waals surface area contributed by atoms with Crippen molar-refractivity contribution >= 4 is 27.3 Å². The SMILES string of the molecule is CC1CN(Cc2cccs2)CC(CBr)O1. The first-order valence-corrected chi connectivity index (χ1v) is 7.24. The molecular formula is C11H16BrNOS.